The van der Waals surface area contributed by atoms with E-state index in [9.17, 15) is 14.6 Å². The van der Waals surface area contributed by atoms with Crippen molar-refractivity contribution < 1.29 is 14.6 Å². The van der Waals surface area contributed by atoms with Crippen LogP contribution in [0.4, 0.5) is 4.39 Å². The highest BCUT2D eigenvalue weighted by molar-refractivity contribution is 5.85. The molecule has 1 unspecified atom stereocenters. The monoisotopic (exact) mass is 414 g/mol. The first-order chi connectivity index (χ1) is 15.0. The molecule has 0 amide bonds. The highest BCUT2D eigenvalue weighted by atomic mass is 19.1. The molecule has 0 heterocycles. The molecule has 2 aromatic carbocycles. The zero-order valence-corrected chi connectivity index (χ0v) is 17.7. The molecular weight excluding hydrogens is 387 g/mol. The summed E-state index contributed by atoms with van der Waals surface area (Å²) in [5.74, 6) is -0.176. The second-order valence-electron chi connectivity index (χ2n) is 8.25. The largest absolute Gasteiger partial charge is 0.365 e. The van der Waals surface area contributed by atoms with Crippen molar-refractivity contribution in [2.45, 2.75) is 38.9 Å². The molecule has 3 heteroatoms. The SMILES string of the molecule is C/C1=C(\C(O)O)CCC(Cc2cccc3ccccc23)/C(C2=CC(F)=CC=C=C2)=C\C1. The van der Waals surface area contributed by atoms with Crippen LogP contribution in [0.25, 0.3) is 10.8 Å². The van der Waals surface area contributed by atoms with Gasteiger partial charge in [-0.25, -0.2) is 4.39 Å². The van der Waals surface area contributed by atoms with Crippen molar-refractivity contribution >= 4 is 10.8 Å². The van der Waals surface area contributed by atoms with Crippen LogP contribution in [-0.4, -0.2) is 16.5 Å². The first kappa shape index (κ1) is 21.3. The van der Waals surface area contributed by atoms with E-state index < -0.39 is 6.29 Å². The summed E-state index contributed by atoms with van der Waals surface area (Å²) < 4.78 is 14.2. The minimum absolute atomic E-state index is 0.114. The average Bonchev–Trinajstić information content (AvgIpc) is 2.96. The molecule has 2 nitrogen and oxygen atoms in total. The third-order valence-electron chi connectivity index (χ3n) is 6.24. The summed E-state index contributed by atoms with van der Waals surface area (Å²) in [5, 5.41) is 22.1. The van der Waals surface area contributed by atoms with Crippen LogP contribution in [0.2, 0.25) is 0 Å². The van der Waals surface area contributed by atoms with Gasteiger partial charge in [0.25, 0.3) is 0 Å². The van der Waals surface area contributed by atoms with E-state index in [4.69, 9.17) is 0 Å². The summed E-state index contributed by atoms with van der Waals surface area (Å²) in [5.41, 5.74) is 7.85. The topological polar surface area (TPSA) is 40.5 Å². The molecule has 0 saturated carbocycles. The Labute approximate surface area is 182 Å². The van der Waals surface area contributed by atoms with Gasteiger partial charge in [-0.05, 0) is 95.9 Å². The number of allylic oxidation sites excluding steroid dienone is 8. The second kappa shape index (κ2) is 9.45. The molecule has 2 aliphatic carbocycles. The van der Waals surface area contributed by atoms with Crippen LogP contribution < -0.4 is 0 Å². The Balaban J connectivity index is 1.77. The van der Waals surface area contributed by atoms with Gasteiger partial charge in [0, 0.05) is 0 Å². The van der Waals surface area contributed by atoms with Crippen LogP contribution in [-0.2, 0) is 6.42 Å². The van der Waals surface area contributed by atoms with Crippen molar-refractivity contribution in [3.8, 4) is 0 Å². The third kappa shape index (κ3) is 4.86. The second-order valence-corrected chi connectivity index (χ2v) is 8.25. The molecule has 2 aromatic rings. The molecule has 2 aliphatic rings. The Morgan fingerprint density at radius 3 is 2.77 bits per heavy atom. The normalized spacial score (nSPS) is 23.6. The van der Waals surface area contributed by atoms with E-state index >= 15 is 0 Å². The Morgan fingerprint density at radius 2 is 1.94 bits per heavy atom. The number of hydrogen-bond donors (Lipinski definition) is 2. The predicted octanol–water partition coefficient (Wildman–Crippen LogP) is 6.24. The molecule has 0 saturated heterocycles. The number of benzene rings is 2. The van der Waals surface area contributed by atoms with E-state index in [1.165, 1.54) is 22.4 Å². The number of halogens is 1. The van der Waals surface area contributed by atoms with Crippen LogP contribution in [0.3, 0.4) is 0 Å². The number of aliphatic hydroxyl groups is 2. The smallest absolute Gasteiger partial charge is 0.174 e. The predicted molar refractivity (Wildman–Crippen MR) is 124 cm³/mol. The summed E-state index contributed by atoms with van der Waals surface area (Å²) >= 11 is 0. The van der Waals surface area contributed by atoms with Gasteiger partial charge in [-0.2, -0.15) is 0 Å². The lowest BCUT2D eigenvalue weighted by atomic mass is 9.79. The third-order valence-corrected chi connectivity index (χ3v) is 6.24. The van der Waals surface area contributed by atoms with Gasteiger partial charge in [0.05, 0.1) is 0 Å². The van der Waals surface area contributed by atoms with Gasteiger partial charge in [-0.3, -0.25) is 0 Å². The minimum atomic E-state index is -1.44. The van der Waals surface area contributed by atoms with Crippen LogP contribution >= 0.6 is 0 Å². The van der Waals surface area contributed by atoms with Gasteiger partial charge in [-0.15, -0.1) is 5.73 Å². The van der Waals surface area contributed by atoms with Crippen molar-refractivity contribution in [2.24, 2.45) is 5.92 Å². The van der Waals surface area contributed by atoms with Crippen LogP contribution in [0.1, 0.15) is 31.7 Å². The lowest BCUT2D eigenvalue weighted by molar-refractivity contribution is -0.0116. The van der Waals surface area contributed by atoms with Gasteiger partial charge in [0.2, 0.25) is 0 Å². The van der Waals surface area contributed by atoms with Gasteiger partial charge < -0.3 is 10.2 Å². The van der Waals surface area contributed by atoms with Crippen molar-refractivity contribution in [2.75, 3.05) is 0 Å². The van der Waals surface area contributed by atoms with Crippen molar-refractivity contribution in [1.29, 1.82) is 0 Å². The van der Waals surface area contributed by atoms with Gasteiger partial charge in [-0.1, -0.05) is 54.1 Å². The lowest BCUT2D eigenvalue weighted by Gasteiger charge is -2.26. The number of fused-ring (bicyclic) bond motifs is 1. The average molecular weight is 415 g/mol. The zero-order valence-electron chi connectivity index (χ0n) is 17.7. The number of rotatable bonds is 4. The maximum atomic E-state index is 14.2. The summed E-state index contributed by atoms with van der Waals surface area (Å²) in [6.07, 6.45) is 9.85. The van der Waals surface area contributed by atoms with Crippen LogP contribution in [0, 0.1) is 5.92 Å². The van der Waals surface area contributed by atoms with Gasteiger partial charge in [0.15, 0.2) is 6.29 Å². The Hall–Kier alpha value is -2.97. The Kier molecular flexibility index (Phi) is 6.48. The fourth-order valence-electron chi connectivity index (χ4n) is 4.58. The minimum Gasteiger partial charge on any atom is -0.365 e. The quantitative estimate of drug-likeness (QED) is 0.353. The van der Waals surface area contributed by atoms with E-state index in [-0.39, 0.29) is 11.7 Å². The van der Waals surface area contributed by atoms with E-state index in [2.05, 4.69) is 48.2 Å². The van der Waals surface area contributed by atoms with Crippen LogP contribution in [0.15, 0.2) is 107 Å². The fourth-order valence-corrected chi connectivity index (χ4v) is 4.58. The van der Waals surface area contributed by atoms with Gasteiger partial charge >= 0.3 is 0 Å². The standard InChI is InChI=1S/C28H27FO2/c1-19-13-15-27(22-8-2-4-11-24(29)18-22)23(14-16-25(19)28(30)31)17-21-10-6-9-20-7-3-5-12-26(20)21/h3-12,15,18,23,28,30-31H,13-14,16-17H2,1H3/b25-19+,27-15-. The van der Waals surface area contributed by atoms with Crippen molar-refractivity contribution in [3.05, 3.63) is 112 Å². The van der Waals surface area contributed by atoms with Crippen molar-refractivity contribution in [3.63, 3.8) is 0 Å². The maximum Gasteiger partial charge on any atom is 0.174 e. The molecule has 0 bridgehead atoms. The molecule has 158 valence electrons. The fraction of sp³-hybridized carbons (Fsp3) is 0.250. The van der Waals surface area contributed by atoms with E-state index in [1.807, 2.05) is 19.1 Å². The molecule has 0 fully saturated rings. The Bertz CT molecular complexity index is 1170. The molecule has 0 radical (unpaired) electrons. The molecule has 2 N–H and O–H groups in total. The number of hydrogen-bond acceptors (Lipinski definition) is 2. The van der Waals surface area contributed by atoms with Crippen molar-refractivity contribution in [1.82, 2.24) is 0 Å². The first-order valence-electron chi connectivity index (χ1n) is 10.7. The highest BCUT2D eigenvalue weighted by Gasteiger charge is 2.23. The highest BCUT2D eigenvalue weighted by Crippen LogP contribution is 2.36. The summed E-state index contributed by atoms with van der Waals surface area (Å²) in [4.78, 5) is 0. The van der Waals surface area contributed by atoms with E-state index in [0.717, 1.165) is 29.6 Å². The summed E-state index contributed by atoms with van der Waals surface area (Å²) in [6.45, 7) is 1.94. The maximum absolute atomic E-state index is 14.2. The molecule has 0 spiro atoms. The molecule has 0 aliphatic heterocycles. The van der Waals surface area contributed by atoms with Gasteiger partial charge in [0.1, 0.15) is 5.83 Å². The first-order valence-corrected chi connectivity index (χ1v) is 10.7. The summed E-state index contributed by atoms with van der Waals surface area (Å²) in [6, 6.07) is 14.7. The summed E-state index contributed by atoms with van der Waals surface area (Å²) in [7, 11) is 0. The van der Waals surface area contributed by atoms with Crippen LogP contribution in [0.5, 0.6) is 0 Å². The molecule has 4 rings (SSSR count). The van der Waals surface area contributed by atoms with E-state index in [0.29, 0.717) is 18.4 Å². The molecular formula is C28H27FO2. The molecule has 1 atom stereocenters. The van der Waals surface area contributed by atoms with E-state index in [1.54, 1.807) is 12.2 Å². The molecule has 0 aromatic heterocycles. The molecule has 31 heavy (non-hydrogen) atoms. The Morgan fingerprint density at radius 1 is 1.13 bits per heavy atom. The lowest BCUT2D eigenvalue weighted by Crippen LogP contribution is -2.17. The number of aliphatic hydroxyl groups excluding tert-OH is 1. The zero-order chi connectivity index (χ0) is 21.8.